The van der Waals surface area contributed by atoms with E-state index in [1.807, 2.05) is 13.0 Å². The van der Waals surface area contributed by atoms with Gasteiger partial charge in [0.2, 0.25) is 0 Å². The third-order valence-electron chi connectivity index (χ3n) is 3.50. The number of rotatable bonds is 6. The van der Waals surface area contributed by atoms with Crippen molar-refractivity contribution in [1.29, 1.82) is 0 Å². The molecule has 2 rings (SSSR count). The highest BCUT2D eigenvalue weighted by Gasteiger charge is 2.10. The Bertz CT molecular complexity index is 610. The molecule has 0 atom stereocenters. The summed E-state index contributed by atoms with van der Waals surface area (Å²) in [5.41, 5.74) is 4.16. The average molecular weight is 287 g/mol. The van der Waals surface area contributed by atoms with Gasteiger partial charge in [-0.15, -0.1) is 0 Å². The lowest BCUT2D eigenvalue weighted by atomic mass is 9.97. The fraction of sp³-hybridized carbons (Fsp3) is 0.333. The van der Waals surface area contributed by atoms with Crippen molar-refractivity contribution in [3.05, 3.63) is 53.3 Å². The maximum absolute atomic E-state index is 13.5. The lowest BCUT2D eigenvalue weighted by Gasteiger charge is -2.13. The summed E-state index contributed by atoms with van der Waals surface area (Å²) >= 11 is 0. The Morgan fingerprint density at radius 3 is 2.57 bits per heavy atom. The minimum atomic E-state index is -0.251. The van der Waals surface area contributed by atoms with Gasteiger partial charge in [0.05, 0.1) is 7.11 Å². The van der Waals surface area contributed by atoms with Gasteiger partial charge in [-0.25, -0.2) is 4.39 Å². The van der Waals surface area contributed by atoms with Gasteiger partial charge in [0.1, 0.15) is 11.6 Å². The molecule has 0 aliphatic carbocycles. The van der Waals surface area contributed by atoms with Crippen molar-refractivity contribution >= 4 is 0 Å². The molecule has 0 aliphatic rings. The molecule has 0 fully saturated rings. The Morgan fingerprint density at radius 1 is 1.10 bits per heavy atom. The molecule has 21 heavy (non-hydrogen) atoms. The lowest BCUT2D eigenvalue weighted by molar-refractivity contribution is 0.415. The zero-order chi connectivity index (χ0) is 15.2. The fourth-order valence-corrected chi connectivity index (χ4v) is 2.44. The second-order valence-corrected chi connectivity index (χ2v) is 5.17. The highest BCUT2D eigenvalue weighted by molar-refractivity contribution is 5.73. The monoisotopic (exact) mass is 287 g/mol. The summed E-state index contributed by atoms with van der Waals surface area (Å²) in [5.74, 6) is 0.440. The third kappa shape index (κ3) is 3.82. The van der Waals surface area contributed by atoms with Crippen molar-refractivity contribution in [3.8, 4) is 16.9 Å². The van der Waals surface area contributed by atoms with Gasteiger partial charge in [0.15, 0.2) is 0 Å². The third-order valence-corrected chi connectivity index (χ3v) is 3.50. The molecule has 2 aromatic rings. The molecule has 0 saturated heterocycles. The van der Waals surface area contributed by atoms with E-state index in [1.165, 1.54) is 17.7 Å². The number of methoxy groups -OCH3 is 1. The molecular weight excluding hydrogens is 265 g/mol. The predicted molar refractivity (Wildman–Crippen MR) is 85.1 cm³/mol. The first-order chi connectivity index (χ1) is 10.2. The summed E-state index contributed by atoms with van der Waals surface area (Å²) in [5, 5.41) is 3.38. The normalized spacial score (nSPS) is 10.7. The SMILES string of the molecule is CCCNCc1ccc(-c2cc(F)ccc2OC)c(C)c1. The molecule has 0 saturated carbocycles. The van der Waals surface area contributed by atoms with E-state index in [0.717, 1.165) is 36.2 Å². The quantitative estimate of drug-likeness (QED) is 0.799. The van der Waals surface area contributed by atoms with E-state index in [-0.39, 0.29) is 5.82 Å². The lowest BCUT2D eigenvalue weighted by Crippen LogP contribution is -2.13. The van der Waals surface area contributed by atoms with E-state index in [0.29, 0.717) is 5.75 Å². The molecule has 0 aromatic heterocycles. The van der Waals surface area contributed by atoms with E-state index in [9.17, 15) is 4.39 Å². The van der Waals surface area contributed by atoms with Gasteiger partial charge in [-0.2, -0.15) is 0 Å². The number of halogens is 1. The van der Waals surface area contributed by atoms with Crippen LogP contribution in [0.15, 0.2) is 36.4 Å². The van der Waals surface area contributed by atoms with Crippen LogP contribution in [0, 0.1) is 12.7 Å². The Kier molecular flexibility index (Phi) is 5.34. The van der Waals surface area contributed by atoms with E-state index in [4.69, 9.17) is 4.74 Å². The van der Waals surface area contributed by atoms with Gasteiger partial charge in [0.25, 0.3) is 0 Å². The summed E-state index contributed by atoms with van der Waals surface area (Å²) in [6, 6.07) is 10.9. The fourth-order valence-electron chi connectivity index (χ4n) is 2.44. The first kappa shape index (κ1) is 15.5. The van der Waals surface area contributed by atoms with Gasteiger partial charge >= 0.3 is 0 Å². The van der Waals surface area contributed by atoms with Crippen LogP contribution in [-0.2, 0) is 6.54 Å². The van der Waals surface area contributed by atoms with Crippen LogP contribution in [0.2, 0.25) is 0 Å². The van der Waals surface area contributed by atoms with Gasteiger partial charge in [0, 0.05) is 12.1 Å². The molecule has 2 aromatic carbocycles. The molecule has 0 aliphatic heterocycles. The van der Waals surface area contributed by atoms with Crippen LogP contribution in [-0.4, -0.2) is 13.7 Å². The topological polar surface area (TPSA) is 21.3 Å². The number of aryl methyl sites for hydroxylation is 1. The van der Waals surface area contributed by atoms with Crippen molar-refractivity contribution in [3.63, 3.8) is 0 Å². The maximum atomic E-state index is 13.5. The van der Waals surface area contributed by atoms with Crippen LogP contribution in [0.25, 0.3) is 11.1 Å². The molecule has 0 bridgehead atoms. The van der Waals surface area contributed by atoms with Crippen molar-refractivity contribution in [1.82, 2.24) is 5.32 Å². The summed E-state index contributed by atoms with van der Waals surface area (Å²) in [6.45, 7) is 6.06. The van der Waals surface area contributed by atoms with Crippen molar-refractivity contribution < 1.29 is 9.13 Å². The van der Waals surface area contributed by atoms with E-state index < -0.39 is 0 Å². The zero-order valence-electron chi connectivity index (χ0n) is 12.9. The minimum Gasteiger partial charge on any atom is -0.496 e. The molecular formula is C18H22FNO. The highest BCUT2D eigenvalue weighted by Crippen LogP contribution is 2.33. The van der Waals surface area contributed by atoms with Gasteiger partial charge in [-0.3, -0.25) is 0 Å². The Hall–Kier alpha value is -1.87. The second kappa shape index (κ2) is 7.23. The second-order valence-electron chi connectivity index (χ2n) is 5.17. The van der Waals surface area contributed by atoms with Crippen LogP contribution in [0.4, 0.5) is 4.39 Å². The molecule has 0 radical (unpaired) electrons. The van der Waals surface area contributed by atoms with Crippen molar-refractivity contribution in [2.45, 2.75) is 26.8 Å². The zero-order valence-corrected chi connectivity index (χ0v) is 12.9. The maximum Gasteiger partial charge on any atom is 0.126 e. The van der Waals surface area contributed by atoms with Crippen LogP contribution in [0.3, 0.4) is 0 Å². The highest BCUT2D eigenvalue weighted by atomic mass is 19.1. The molecule has 0 amide bonds. The Morgan fingerprint density at radius 2 is 1.90 bits per heavy atom. The van der Waals surface area contributed by atoms with E-state index >= 15 is 0 Å². The molecule has 3 heteroatoms. The molecule has 0 unspecified atom stereocenters. The van der Waals surface area contributed by atoms with Crippen molar-refractivity contribution in [2.24, 2.45) is 0 Å². The minimum absolute atomic E-state index is 0.251. The first-order valence-electron chi connectivity index (χ1n) is 7.30. The van der Waals surface area contributed by atoms with E-state index in [1.54, 1.807) is 13.2 Å². The van der Waals surface area contributed by atoms with Gasteiger partial charge in [-0.1, -0.05) is 25.1 Å². The van der Waals surface area contributed by atoms with Gasteiger partial charge < -0.3 is 10.1 Å². The molecule has 2 nitrogen and oxygen atoms in total. The number of nitrogens with one attached hydrogen (secondary N) is 1. The van der Waals surface area contributed by atoms with Crippen LogP contribution >= 0.6 is 0 Å². The summed E-state index contributed by atoms with van der Waals surface area (Å²) in [7, 11) is 1.61. The summed E-state index contributed by atoms with van der Waals surface area (Å²) in [6.07, 6.45) is 1.12. The standard InChI is InChI=1S/C18H22FNO/c1-4-9-20-12-14-5-7-16(13(2)10-14)17-11-15(19)6-8-18(17)21-3/h5-8,10-11,20H,4,9,12H2,1-3H3. The molecule has 112 valence electrons. The largest absolute Gasteiger partial charge is 0.496 e. The van der Waals surface area contributed by atoms with Crippen LogP contribution < -0.4 is 10.1 Å². The summed E-state index contributed by atoms with van der Waals surface area (Å²) < 4.78 is 18.9. The number of benzene rings is 2. The smallest absolute Gasteiger partial charge is 0.126 e. The number of ether oxygens (including phenoxy) is 1. The first-order valence-corrected chi connectivity index (χ1v) is 7.30. The molecule has 1 N–H and O–H groups in total. The Balaban J connectivity index is 2.30. The van der Waals surface area contributed by atoms with Crippen molar-refractivity contribution in [2.75, 3.05) is 13.7 Å². The number of hydrogen-bond acceptors (Lipinski definition) is 2. The van der Waals surface area contributed by atoms with E-state index in [2.05, 4.69) is 24.4 Å². The Labute approximate surface area is 126 Å². The molecule has 0 heterocycles. The van der Waals surface area contributed by atoms with Crippen LogP contribution in [0.1, 0.15) is 24.5 Å². The summed E-state index contributed by atoms with van der Waals surface area (Å²) in [4.78, 5) is 0. The predicted octanol–water partition coefficient (Wildman–Crippen LogP) is 4.31. The van der Waals surface area contributed by atoms with Gasteiger partial charge in [-0.05, 0) is 54.8 Å². The van der Waals surface area contributed by atoms with Crippen LogP contribution in [0.5, 0.6) is 5.75 Å². The average Bonchev–Trinajstić information content (AvgIpc) is 2.48. The molecule has 0 spiro atoms. The number of hydrogen-bond donors (Lipinski definition) is 1.